The molecule has 0 aliphatic rings. The van der Waals surface area contributed by atoms with Gasteiger partial charge in [0, 0.05) is 19.3 Å². The second-order valence-electron chi connectivity index (χ2n) is 4.95. The molecule has 0 unspecified atom stereocenters. The maximum absolute atomic E-state index is 11.5. The van der Waals surface area contributed by atoms with Gasteiger partial charge >= 0.3 is 6.09 Å². The molecule has 0 saturated carbocycles. The Balaban J connectivity index is 2.86. The number of ether oxygens (including phenoxy) is 1. The zero-order valence-corrected chi connectivity index (χ0v) is 10.8. The molecule has 1 heterocycles. The van der Waals surface area contributed by atoms with E-state index in [0.29, 0.717) is 5.69 Å². The summed E-state index contributed by atoms with van der Waals surface area (Å²) in [6, 6.07) is 1.37. The summed E-state index contributed by atoms with van der Waals surface area (Å²) in [7, 11) is 1.66. The highest BCUT2D eigenvalue weighted by Gasteiger charge is 2.16. The Bertz CT molecular complexity index is 484. The molecule has 0 spiro atoms. The minimum Gasteiger partial charge on any atom is -0.444 e. The molecule has 1 aromatic rings. The summed E-state index contributed by atoms with van der Waals surface area (Å²) in [6.07, 6.45) is 1.10. The number of aryl methyl sites for hydroxylation is 2. The molecule has 1 rings (SSSR count). The number of rotatable bonds is 1. The first kappa shape index (κ1) is 13.3. The van der Waals surface area contributed by atoms with Crippen molar-refractivity contribution >= 4 is 11.8 Å². The van der Waals surface area contributed by atoms with Crippen molar-refractivity contribution in [3.05, 3.63) is 28.2 Å². The van der Waals surface area contributed by atoms with Crippen LogP contribution in [0.5, 0.6) is 0 Å². The highest BCUT2D eigenvalue weighted by molar-refractivity contribution is 5.85. The molecule has 1 N–H and O–H groups in total. The molecule has 1 amide bonds. The molecule has 17 heavy (non-hydrogen) atoms. The molecule has 0 aliphatic carbocycles. The summed E-state index contributed by atoms with van der Waals surface area (Å²) < 4.78 is 6.56. The quantitative estimate of drug-likeness (QED) is 0.814. The number of nitrogens with one attached hydrogen (secondary N) is 1. The molecule has 5 nitrogen and oxygen atoms in total. The van der Waals surface area contributed by atoms with Crippen LogP contribution in [0.1, 0.15) is 26.3 Å². The van der Waals surface area contributed by atoms with E-state index >= 15 is 0 Å². The Labute approximate surface area is 100 Å². The van der Waals surface area contributed by atoms with E-state index in [1.165, 1.54) is 10.6 Å². The molecule has 1 aromatic heterocycles. The maximum Gasteiger partial charge on any atom is 0.412 e. The molecule has 0 aromatic carbocycles. The van der Waals surface area contributed by atoms with Crippen molar-refractivity contribution in [1.29, 1.82) is 0 Å². The molecular weight excluding hydrogens is 220 g/mol. The fraction of sp³-hybridized carbons (Fsp3) is 0.500. The predicted molar refractivity (Wildman–Crippen MR) is 66.3 cm³/mol. The number of nitrogens with zero attached hydrogens (tertiary/aromatic N) is 1. The van der Waals surface area contributed by atoms with Crippen LogP contribution in [0, 0.1) is 6.92 Å². The Kier molecular flexibility index (Phi) is 3.60. The number of hydrogen-bond acceptors (Lipinski definition) is 3. The summed E-state index contributed by atoms with van der Waals surface area (Å²) in [6.45, 7) is 7.16. The van der Waals surface area contributed by atoms with Crippen molar-refractivity contribution in [2.24, 2.45) is 7.05 Å². The van der Waals surface area contributed by atoms with Gasteiger partial charge < -0.3 is 9.30 Å². The van der Waals surface area contributed by atoms with Gasteiger partial charge in [-0.2, -0.15) is 0 Å². The van der Waals surface area contributed by atoms with Crippen LogP contribution in [0.2, 0.25) is 0 Å². The zero-order valence-electron chi connectivity index (χ0n) is 10.8. The van der Waals surface area contributed by atoms with E-state index in [4.69, 9.17) is 4.74 Å². The monoisotopic (exact) mass is 238 g/mol. The van der Waals surface area contributed by atoms with Gasteiger partial charge in [-0.3, -0.25) is 10.1 Å². The lowest BCUT2D eigenvalue weighted by molar-refractivity contribution is 0.0636. The average molecular weight is 238 g/mol. The molecule has 0 bridgehead atoms. The van der Waals surface area contributed by atoms with Crippen LogP contribution in [0.4, 0.5) is 10.5 Å². The van der Waals surface area contributed by atoms with Gasteiger partial charge in [-0.05, 0) is 33.3 Å². The van der Waals surface area contributed by atoms with Crippen molar-refractivity contribution in [3.63, 3.8) is 0 Å². The van der Waals surface area contributed by atoms with E-state index in [0.717, 1.165) is 5.56 Å². The predicted octanol–water partition coefficient (Wildman–Crippen LogP) is 2.04. The van der Waals surface area contributed by atoms with Gasteiger partial charge in [0.15, 0.2) is 0 Å². The van der Waals surface area contributed by atoms with Crippen LogP contribution in [0.15, 0.2) is 17.1 Å². The number of aromatic nitrogens is 1. The van der Waals surface area contributed by atoms with Crippen LogP contribution >= 0.6 is 0 Å². The van der Waals surface area contributed by atoms with Gasteiger partial charge in [0.05, 0.1) is 5.69 Å². The Morgan fingerprint density at radius 2 is 2.00 bits per heavy atom. The Morgan fingerprint density at radius 3 is 2.53 bits per heavy atom. The van der Waals surface area contributed by atoms with Crippen LogP contribution < -0.4 is 10.9 Å². The average Bonchev–Trinajstić information content (AvgIpc) is 2.11. The van der Waals surface area contributed by atoms with Crippen LogP contribution in [-0.4, -0.2) is 16.3 Å². The van der Waals surface area contributed by atoms with E-state index < -0.39 is 11.7 Å². The second kappa shape index (κ2) is 4.61. The molecule has 0 radical (unpaired) electrons. The third kappa shape index (κ3) is 3.94. The second-order valence-corrected chi connectivity index (χ2v) is 4.95. The molecule has 0 fully saturated rings. The number of hydrogen-bond donors (Lipinski definition) is 1. The van der Waals surface area contributed by atoms with E-state index in [9.17, 15) is 9.59 Å². The van der Waals surface area contributed by atoms with Gasteiger partial charge in [-0.1, -0.05) is 0 Å². The zero-order chi connectivity index (χ0) is 13.2. The Hall–Kier alpha value is -1.78. The highest BCUT2D eigenvalue weighted by atomic mass is 16.6. The molecule has 0 aliphatic heterocycles. The van der Waals surface area contributed by atoms with E-state index in [1.54, 1.807) is 34.0 Å². The third-order valence-electron chi connectivity index (χ3n) is 2.06. The van der Waals surface area contributed by atoms with E-state index in [1.807, 2.05) is 6.92 Å². The van der Waals surface area contributed by atoms with Crippen molar-refractivity contribution in [2.45, 2.75) is 33.3 Å². The molecule has 94 valence electrons. The van der Waals surface area contributed by atoms with E-state index in [2.05, 4.69) is 5.32 Å². The minimum atomic E-state index is -0.561. The van der Waals surface area contributed by atoms with Gasteiger partial charge in [0.25, 0.3) is 5.56 Å². The highest BCUT2D eigenvalue weighted by Crippen LogP contribution is 2.13. The Morgan fingerprint density at radius 1 is 1.41 bits per heavy atom. The fourth-order valence-electron chi connectivity index (χ4n) is 1.31. The summed E-state index contributed by atoms with van der Waals surface area (Å²) in [5.41, 5.74) is 0.541. The lowest BCUT2D eigenvalue weighted by Gasteiger charge is -2.20. The maximum atomic E-state index is 11.5. The molecule has 0 saturated heterocycles. The van der Waals surface area contributed by atoms with Crippen molar-refractivity contribution in [1.82, 2.24) is 4.57 Å². The summed E-state index contributed by atoms with van der Waals surface area (Å²) in [5, 5.41) is 2.56. The minimum absolute atomic E-state index is 0.179. The number of carbonyl (C=O) groups excluding carboxylic acids is 1. The molecule has 0 atom stereocenters. The van der Waals surface area contributed by atoms with Gasteiger partial charge in [-0.25, -0.2) is 4.79 Å². The first-order chi connectivity index (χ1) is 7.69. The van der Waals surface area contributed by atoms with Gasteiger partial charge in [0.1, 0.15) is 5.60 Å². The molecular formula is C12H18N2O3. The number of pyridine rings is 1. The van der Waals surface area contributed by atoms with Gasteiger partial charge in [0.2, 0.25) is 0 Å². The standard InChI is InChI=1S/C12H18N2O3/c1-8-7-14(5)10(15)6-9(8)13-11(16)17-12(2,3)4/h6-7H,1-5H3,(H,13,16). The first-order valence-electron chi connectivity index (χ1n) is 5.36. The smallest absolute Gasteiger partial charge is 0.412 e. The van der Waals surface area contributed by atoms with Crippen LogP contribution in [0.25, 0.3) is 0 Å². The van der Waals surface area contributed by atoms with Crippen molar-refractivity contribution in [2.75, 3.05) is 5.32 Å². The van der Waals surface area contributed by atoms with Crippen molar-refractivity contribution in [3.8, 4) is 0 Å². The number of anilines is 1. The lowest BCUT2D eigenvalue weighted by Crippen LogP contribution is -2.28. The first-order valence-corrected chi connectivity index (χ1v) is 5.36. The lowest BCUT2D eigenvalue weighted by atomic mass is 10.2. The number of carbonyl (C=O) groups is 1. The normalized spacial score (nSPS) is 11.1. The SMILES string of the molecule is Cc1cn(C)c(=O)cc1NC(=O)OC(C)(C)C. The topological polar surface area (TPSA) is 60.3 Å². The summed E-state index contributed by atoms with van der Waals surface area (Å²) in [4.78, 5) is 23.0. The van der Waals surface area contributed by atoms with Crippen LogP contribution in [-0.2, 0) is 11.8 Å². The van der Waals surface area contributed by atoms with Crippen LogP contribution in [0.3, 0.4) is 0 Å². The molecule has 5 heteroatoms. The van der Waals surface area contributed by atoms with E-state index in [-0.39, 0.29) is 5.56 Å². The summed E-state index contributed by atoms with van der Waals surface area (Å²) >= 11 is 0. The third-order valence-corrected chi connectivity index (χ3v) is 2.06. The van der Waals surface area contributed by atoms with Crippen molar-refractivity contribution < 1.29 is 9.53 Å². The summed E-state index contributed by atoms with van der Waals surface area (Å²) in [5.74, 6) is 0. The largest absolute Gasteiger partial charge is 0.444 e. The number of amides is 1. The van der Waals surface area contributed by atoms with Gasteiger partial charge in [-0.15, -0.1) is 0 Å². The fourth-order valence-corrected chi connectivity index (χ4v) is 1.31.